The third-order valence-corrected chi connectivity index (χ3v) is 6.13. The van der Waals surface area contributed by atoms with Gasteiger partial charge < -0.3 is 16.0 Å². The number of hydrogen-bond acceptors (Lipinski definition) is 6. The lowest BCUT2D eigenvalue weighted by molar-refractivity contribution is 0.410. The Morgan fingerprint density at radius 1 is 0.933 bits per heavy atom. The van der Waals surface area contributed by atoms with Gasteiger partial charge in [-0.05, 0) is 56.2 Å². The predicted octanol–water partition coefficient (Wildman–Crippen LogP) is 4.30. The van der Waals surface area contributed by atoms with Gasteiger partial charge in [0.2, 0.25) is 5.95 Å². The summed E-state index contributed by atoms with van der Waals surface area (Å²) in [5, 5.41) is 3.52. The lowest BCUT2D eigenvalue weighted by atomic mass is 9.92. The van der Waals surface area contributed by atoms with Crippen molar-refractivity contribution in [3.63, 3.8) is 0 Å². The van der Waals surface area contributed by atoms with Crippen LogP contribution in [0.15, 0.2) is 54.7 Å². The summed E-state index contributed by atoms with van der Waals surface area (Å²) in [7, 11) is 0. The van der Waals surface area contributed by atoms with E-state index in [0.717, 1.165) is 68.0 Å². The molecule has 0 radical (unpaired) electrons. The summed E-state index contributed by atoms with van der Waals surface area (Å²) in [6.07, 6.45) is 8.24. The molecule has 0 saturated heterocycles. The Labute approximate surface area is 177 Å². The van der Waals surface area contributed by atoms with E-state index in [9.17, 15) is 0 Å². The van der Waals surface area contributed by atoms with Crippen LogP contribution in [0.25, 0.3) is 11.3 Å². The van der Waals surface area contributed by atoms with E-state index in [0.29, 0.717) is 18.0 Å². The maximum Gasteiger partial charge on any atom is 0.224 e. The quantitative estimate of drug-likeness (QED) is 0.679. The largest absolute Gasteiger partial charge is 0.351 e. The summed E-state index contributed by atoms with van der Waals surface area (Å²) in [4.78, 5) is 16.6. The Bertz CT molecular complexity index is 998. The second-order valence-electron chi connectivity index (χ2n) is 8.29. The summed E-state index contributed by atoms with van der Waals surface area (Å²) in [6.45, 7) is 0.910. The standard InChI is InChI=1S/C24H28N6/c25-19-9-11-20(12-10-19)27-24-26-15-14-22(29-24)30-16-4-7-18-8-13-21(28-23(18)30)17-5-2-1-3-6-17/h1-3,5-6,8,13-15,19-20H,4,7,9-12,16,25H2,(H,26,27,29)/t19-,20-. The molecule has 5 rings (SSSR count). The molecule has 3 heterocycles. The molecule has 30 heavy (non-hydrogen) atoms. The average molecular weight is 401 g/mol. The summed E-state index contributed by atoms with van der Waals surface area (Å²) in [6, 6.07) is 17.4. The molecule has 6 heteroatoms. The van der Waals surface area contributed by atoms with E-state index >= 15 is 0 Å². The van der Waals surface area contributed by atoms with Crippen molar-refractivity contribution in [1.29, 1.82) is 0 Å². The summed E-state index contributed by atoms with van der Waals surface area (Å²) >= 11 is 0. The number of fused-ring (bicyclic) bond motifs is 1. The van der Waals surface area contributed by atoms with E-state index in [2.05, 4.69) is 51.6 Å². The van der Waals surface area contributed by atoms with Crippen LogP contribution >= 0.6 is 0 Å². The molecule has 0 unspecified atom stereocenters. The number of aryl methyl sites for hydroxylation is 1. The highest BCUT2D eigenvalue weighted by atomic mass is 15.3. The molecule has 2 aliphatic rings. The molecule has 1 saturated carbocycles. The van der Waals surface area contributed by atoms with Gasteiger partial charge in [-0.3, -0.25) is 0 Å². The highest BCUT2D eigenvalue weighted by molar-refractivity contribution is 5.68. The Balaban J connectivity index is 1.42. The van der Waals surface area contributed by atoms with Crippen LogP contribution in [-0.2, 0) is 6.42 Å². The highest BCUT2D eigenvalue weighted by Crippen LogP contribution is 2.33. The number of nitrogens with one attached hydrogen (secondary N) is 1. The molecular formula is C24H28N6. The molecule has 0 atom stereocenters. The van der Waals surface area contributed by atoms with Crippen LogP contribution in [0.5, 0.6) is 0 Å². The second-order valence-corrected chi connectivity index (χ2v) is 8.29. The third-order valence-electron chi connectivity index (χ3n) is 6.13. The Morgan fingerprint density at radius 3 is 2.60 bits per heavy atom. The SMILES string of the molecule is N[C@H]1CC[C@H](Nc2nccc(N3CCCc4ccc(-c5ccccc5)nc43)n2)CC1. The van der Waals surface area contributed by atoms with Crippen molar-refractivity contribution in [2.24, 2.45) is 5.73 Å². The minimum absolute atomic E-state index is 0.338. The van der Waals surface area contributed by atoms with Gasteiger partial charge in [0.15, 0.2) is 0 Å². The fourth-order valence-corrected chi connectivity index (χ4v) is 4.45. The first kappa shape index (κ1) is 19.0. The molecule has 1 aliphatic heterocycles. The molecule has 3 N–H and O–H groups in total. The van der Waals surface area contributed by atoms with Crippen molar-refractivity contribution in [3.05, 3.63) is 60.3 Å². The Kier molecular flexibility index (Phi) is 5.32. The molecule has 6 nitrogen and oxygen atoms in total. The number of nitrogens with zero attached hydrogens (tertiary/aromatic N) is 4. The first-order chi connectivity index (χ1) is 14.8. The van der Waals surface area contributed by atoms with Gasteiger partial charge in [-0.1, -0.05) is 36.4 Å². The van der Waals surface area contributed by atoms with E-state index in [-0.39, 0.29) is 0 Å². The Morgan fingerprint density at radius 2 is 1.77 bits per heavy atom. The summed E-state index contributed by atoms with van der Waals surface area (Å²) in [5.74, 6) is 2.61. The molecule has 1 aliphatic carbocycles. The monoisotopic (exact) mass is 400 g/mol. The van der Waals surface area contributed by atoms with Crippen LogP contribution in [0.4, 0.5) is 17.6 Å². The van der Waals surface area contributed by atoms with Crippen molar-refractivity contribution in [2.75, 3.05) is 16.8 Å². The average Bonchev–Trinajstić information content (AvgIpc) is 2.81. The van der Waals surface area contributed by atoms with Crippen LogP contribution in [-0.4, -0.2) is 33.6 Å². The van der Waals surface area contributed by atoms with Gasteiger partial charge in [-0.25, -0.2) is 9.97 Å². The zero-order chi connectivity index (χ0) is 20.3. The second kappa shape index (κ2) is 8.40. The molecule has 154 valence electrons. The third kappa shape index (κ3) is 4.00. The van der Waals surface area contributed by atoms with Gasteiger partial charge in [-0.15, -0.1) is 0 Å². The smallest absolute Gasteiger partial charge is 0.224 e. The van der Waals surface area contributed by atoms with Crippen molar-refractivity contribution in [2.45, 2.75) is 50.6 Å². The van der Waals surface area contributed by atoms with Crippen molar-refractivity contribution >= 4 is 17.6 Å². The van der Waals surface area contributed by atoms with Gasteiger partial charge >= 0.3 is 0 Å². The number of nitrogens with two attached hydrogens (primary N) is 1. The maximum absolute atomic E-state index is 6.04. The van der Waals surface area contributed by atoms with E-state index in [4.69, 9.17) is 15.7 Å². The lowest BCUT2D eigenvalue weighted by Gasteiger charge is -2.30. The number of rotatable bonds is 4. The zero-order valence-corrected chi connectivity index (χ0v) is 17.2. The number of anilines is 3. The fraction of sp³-hybridized carbons (Fsp3) is 0.375. The van der Waals surface area contributed by atoms with Crippen molar-refractivity contribution in [3.8, 4) is 11.3 Å². The van der Waals surface area contributed by atoms with Gasteiger partial charge in [-0.2, -0.15) is 4.98 Å². The van der Waals surface area contributed by atoms with Crippen LogP contribution in [0, 0.1) is 0 Å². The van der Waals surface area contributed by atoms with Gasteiger partial charge in [0.1, 0.15) is 11.6 Å². The van der Waals surface area contributed by atoms with Crippen LogP contribution in [0.3, 0.4) is 0 Å². The normalized spacial score (nSPS) is 21.2. The molecule has 2 aromatic heterocycles. The number of aromatic nitrogens is 3. The highest BCUT2D eigenvalue weighted by Gasteiger charge is 2.23. The lowest BCUT2D eigenvalue weighted by Crippen LogP contribution is -2.33. The molecule has 0 spiro atoms. The van der Waals surface area contributed by atoms with E-state index in [1.165, 1.54) is 5.56 Å². The minimum Gasteiger partial charge on any atom is -0.351 e. The van der Waals surface area contributed by atoms with E-state index in [1.54, 1.807) is 0 Å². The summed E-state index contributed by atoms with van der Waals surface area (Å²) in [5.41, 5.74) is 9.44. The van der Waals surface area contributed by atoms with Gasteiger partial charge in [0.25, 0.3) is 0 Å². The zero-order valence-electron chi connectivity index (χ0n) is 17.2. The van der Waals surface area contributed by atoms with Crippen molar-refractivity contribution in [1.82, 2.24) is 15.0 Å². The fourth-order valence-electron chi connectivity index (χ4n) is 4.45. The van der Waals surface area contributed by atoms with Gasteiger partial charge in [0, 0.05) is 30.4 Å². The molecule has 0 bridgehead atoms. The number of pyridine rings is 1. The van der Waals surface area contributed by atoms with Crippen LogP contribution in [0.1, 0.15) is 37.7 Å². The molecule has 0 amide bonds. The molecule has 1 fully saturated rings. The molecule has 3 aromatic rings. The minimum atomic E-state index is 0.338. The van der Waals surface area contributed by atoms with E-state index < -0.39 is 0 Å². The summed E-state index contributed by atoms with van der Waals surface area (Å²) < 4.78 is 0. The number of benzene rings is 1. The van der Waals surface area contributed by atoms with Gasteiger partial charge in [0.05, 0.1) is 5.69 Å². The topological polar surface area (TPSA) is 80.0 Å². The van der Waals surface area contributed by atoms with E-state index in [1.807, 2.05) is 18.3 Å². The maximum atomic E-state index is 6.04. The molecule has 1 aromatic carbocycles. The predicted molar refractivity (Wildman–Crippen MR) is 121 cm³/mol. The number of hydrogen-bond donors (Lipinski definition) is 2. The first-order valence-electron chi connectivity index (χ1n) is 10.9. The van der Waals surface area contributed by atoms with Crippen LogP contribution < -0.4 is 16.0 Å². The van der Waals surface area contributed by atoms with Crippen LogP contribution in [0.2, 0.25) is 0 Å². The van der Waals surface area contributed by atoms with Crippen molar-refractivity contribution < 1.29 is 0 Å². The Hall–Kier alpha value is -2.99. The first-order valence-corrected chi connectivity index (χ1v) is 10.9. The molecular weight excluding hydrogens is 372 g/mol.